The second-order valence-corrected chi connectivity index (χ2v) is 6.32. The zero-order valence-corrected chi connectivity index (χ0v) is 16.1. The molecule has 0 aliphatic rings. The summed E-state index contributed by atoms with van der Waals surface area (Å²) in [5.41, 5.74) is 1.98. The van der Waals surface area contributed by atoms with E-state index in [0.717, 1.165) is 37.0 Å². The number of aliphatic hydroxyl groups excluding tert-OH is 1. The van der Waals surface area contributed by atoms with Crippen LogP contribution >= 0.6 is 0 Å². The van der Waals surface area contributed by atoms with Gasteiger partial charge in [0, 0.05) is 23.8 Å². The average molecular weight is 382 g/mol. The van der Waals surface area contributed by atoms with Crippen LogP contribution in [0.1, 0.15) is 47.2 Å². The standard InChI is InChI=1S/C23H26O5/c1-27-22(25)15-8-18-6-9-19(10-7-18)23(26)20-11-13-21(14-12-20)28-17-5-3-2-4-16-24/h6-15,24H,2-5,16-17H2,1H3. The molecule has 148 valence electrons. The third-order valence-electron chi connectivity index (χ3n) is 4.22. The highest BCUT2D eigenvalue weighted by Crippen LogP contribution is 2.17. The van der Waals surface area contributed by atoms with Gasteiger partial charge in [-0.15, -0.1) is 0 Å². The second-order valence-electron chi connectivity index (χ2n) is 6.32. The minimum Gasteiger partial charge on any atom is -0.494 e. The summed E-state index contributed by atoms with van der Waals surface area (Å²) in [4.78, 5) is 23.7. The van der Waals surface area contributed by atoms with Crippen molar-refractivity contribution in [3.05, 3.63) is 71.3 Å². The Hall–Kier alpha value is -2.92. The Morgan fingerprint density at radius 1 is 0.893 bits per heavy atom. The van der Waals surface area contributed by atoms with E-state index in [0.29, 0.717) is 17.7 Å². The maximum Gasteiger partial charge on any atom is 0.330 e. The molecule has 28 heavy (non-hydrogen) atoms. The number of hydrogen-bond acceptors (Lipinski definition) is 5. The third kappa shape index (κ3) is 7.00. The average Bonchev–Trinajstić information content (AvgIpc) is 2.74. The van der Waals surface area contributed by atoms with Gasteiger partial charge in [0.25, 0.3) is 0 Å². The number of esters is 1. The van der Waals surface area contributed by atoms with E-state index >= 15 is 0 Å². The largest absolute Gasteiger partial charge is 0.494 e. The molecule has 0 unspecified atom stereocenters. The molecule has 1 N–H and O–H groups in total. The lowest BCUT2D eigenvalue weighted by Crippen LogP contribution is -2.02. The van der Waals surface area contributed by atoms with Crippen LogP contribution in [0.5, 0.6) is 5.75 Å². The number of ether oxygens (including phenoxy) is 2. The topological polar surface area (TPSA) is 72.8 Å². The van der Waals surface area contributed by atoms with Crippen LogP contribution < -0.4 is 4.74 Å². The molecule has 0 saturated carbocycles. The molecule has 0 heterocycles. The molecule has 0 saturated heterocycles. The molecule has 0 radical (unpaired) electrons. The van der Waals surface area contributed by atoms with Crippen LogP contribution in [0.4, 0.5) is 0 Å². The smallest absolute Gasteiger partial charge is 0.330 e. The Balaban J connectivity index is 1.88. The van der Waals surface area contributed by atoms with Crippen molar-refractivity contribution in [1.82, 2.24) is 0 Å². The van der Waals surface area contributed by atoms with Crippen LogP contribution in [0.2, 0.25) is 0 Å². The van der Waals surface area contributed by atoms with E-state index in [9.17, 15) is 9.59 Å². The zero-order valence-electron chi connectivity index (χ0n) is 16.1. The summed E-state index contributed by atoms with van der Waals surface area (Å²) in [6.45, 7) is 0.864. The first-order chi connectivity index (χ1) is 13.6. The van der Waals surface area contributed by atoms with Gasteiger partial charge < -0.3 is 14.6 Å². The second kappa shape index (κ2) is 11.7. The van der Waals surface area contributed by atoms with Crippen molar-refractivity contribution in [2.45, 2.75) is 25.7 Å². The molecule has 0 amide bonds. The van der Waals surface area contributed by atoms with Crippen molar-refractivity contribution in [2.24, 2.45) is 0 Å². The lowest BCUT2D eigenvalue weighted by atomic mass is 10.0. The van der Waals surface area contributed by atoms with Gasteiger partial charge in [-0.05, 0) is 55.2 Å². The molecule has 0 aliphatic carbocycles. The minimum absolute atomic E-state index is 0.0703. The number of ketones is 1. The Morgan fingerprint density at radius 2 is 1.50 bits per heavy atom. The Labute approximate surface area is 165 Å². The molecule has 5 nitrogen and oxygen atoms in total. The molecule has 0 spiro atoms. The van der Waals surface area contributed by atoms with E-state index in [1.165, 1.54) is 13.2 Å². The van der Waals surface area contributed by atoms with E-state index in [4.69, 9.17) is 9.84 Å². The first-order valence-corrected chi connectivity index (χ1v) is 9.38. The van der Waals surface area contributed by atoms with Crippen molar-refractivity contribution in [2.75, 3.05) is 20.3 Å². The van der Waals surface area contributed by atoms with Gasteiger partial charge >= 0.3 is 5.97 Å². The summed E-state index contributed by atoms with van der Waals surface area (Å²) in [7, 11) is 1.32. The van der Waals surface area contributed by atoms with Gasteiger partial charge in [-0.2, -0.15) is 0 Å². The van der Waals surface area contributed by atoms with E-state index in [2.05, 4.69) is 4.74 Å². The summed E-state index contributed by atoms with van der Waals surface area (Å²) in [6.07, 6.45) is 6.78. The fourth-order valence-electron chi connectivity index (χ4n) is 2.60. The van der Waals surface area contributed by atoms with Crippen LogP contribution in [0.3, 0.4) is 0 Å². The van der Waals surface area contributed by atoms with Crippen molar-refractivity contribution in [3.63, 3.8) is 0 Å². The number of carbonyl (C=O) groups is 2. The molecule has 2 rings (SSSR count). The SMILES string of the molecule is COC(=O)C=Cc1ccc(C(=O)c2ccc(OCCCCCCO)cc2)cc1. The molecular weight excluding hydrogens is 356 g/mol. The minimum atomic E-state index is -0.423. The number of aliphatic hydroxyl groups is 1. The highest BCUT2D eigenvalue weighted by atomic mass is 16.5. The number of unbranched alkanes of at least 4 members (excludes halogenated alkanes) is 3. The van der Waals surface area contributed by atoms with E-state index < -0.39 is 5.97 Å². The van der Waals surface area contributed by atoms with Crippen LogP contribution in [0.15, 0.2) is 54.6 Å². The van der Waals surface area contributed by atoms with E-state index in [1.807, 2.05) is 0 Å². The molecule has 2 aromatic rings. The van der Waals surface area contributed by atoms with Gasteiger partial charge in [0.05, 0.1) is 13.7 Å². The maximum atomic E-state index is 12.6. The van der Waals surface area contributed by atoms with Gasteiger partial charge in [-0.25, -0.2) is 4.79 Å². The molecule has 0 aliphatic heterocycles. The van der Waals surface area contributed by atoms with Gasteiger partial charge in [0.1, 0.15) is 5.75 Å². The first-order valence-electron chi connectivity index (χ1n) is 9.38. The van der Waals surface area contributed by atoms with Crippen LogP contribution in [-0.4, -0.2) is 37.2 Å². The molecule has 0 atom stereocenters. The van der Waals surface area contributed by atoms with Crippen molar-refractivity contribution in [3.8, 4) is 5.75 Å². The molecule has 2 aromatic carbocycles. The van der Waals surface area contributed by atoms with Crippen molar-refractivity contribution < 1.29 is 24.2 Å². The van der Waals surface area contributed by atoms with Crippen LogP contribution in [-0.2, 0) is 9.53 Å². The zero-order chi connectivity index (χ0) is 20.2. The highest BCUT2D eigenvalue weighted by Gasteiger charge is 2.09. The summed E-state index contributed by atoms with van der Waals surface area (Å²) in [6, 6.07) is 14.1. The van der Waals surface area contributed by atoms with Crippen molar-refractivity contribution in [1.29, 1.82) is 0 Å². The fraction of sp³-hybridized carbons (Fsp3) is 0.304. The monoisotopic (exact) mass is 382 g/mol. The number of rotatable bonds is 11. The normalized spacial score (nSPS) is 10.8. The number of carbonyl (C=O) groups excluding carboxylic acids is 2. The Bertz CT molecular complexity index is 776. The van der Waals surface area contributed by atoms with Gasteiger partial charge in [-0.1, -0.05) is 30.7 Å². The quantitative estimate of drug-likeness (QED) is 0.275. The summed E-state index contributed by atoms with van der Waals surface area (Å²) < 4.78 is 10.2. The van der Waals surface area contributed by atoms with Gasteiger partial charge in [-0.3, -0.25) is 4.79 Å². The van der Waals surface area contributed by atoms with Crippen molar-refractivity contribution >= 4 is 17.8 Å². The van der Waals surface area contributed by atoms with Crippen LogP contribution in [0, 0.1) is 0 Å². The predicted octanol–water partition coefficient (Wildman–Crippen LogP) is 4.04. The fourth-order valence-corrected chi connectivity index (χ4v) is 2.60. The molecule has 0 fully saturated rings. The number of methoxy groups -OCH3 is 1. The summed E-state index contributed by atoms with van der Waals surface area (Å²) >= 11 is 0. The van der Waals surface area contributed by atoms with E-state index in [1.54, 1.807) is 54.6 Å². The maximum absolute atomic E-state index is 12.6. The molecule has 5 heteroatoms. The lowest BCUT2D eigenvalue weighted by molar-refractivity contribution is -0.134. The number of hydrogen-bond donors (Lipinski definition) is 1. The Morgan fingerprint density at radius 3 is 2.11 bits per heavy atom. The van der Waals surface area contributed by atoms with Gasteiger partial charge in [0.2, 0.25) is 0 Å². The first kappa shape index (κ1) is 21.4. The number of benzene rings is 2. The molecule has 0 aromatic heterocycles. The van der Waals surface area contributed by atoms with E-state index in [-0.39, 0.29) is 12.4 Å². The molecular formula is C23H26O5. The predicted molar refractivity (Wildman–Crippen MR) is 108 cm³/mol. The van der Waals surface area contributed by atoms with Gasteiger partial charge in [0.15, 0.2) is 5.78 Å². The summed E-state index contributed by atoms with van der Waals surface area (Å²) in [5, 5.41) is 8.74. The summed E-state index contributed by atoms with van der Waals surface area (Å²) in [5.74, 6) is 0.244. The lowest BCUT2D eigenvalue weighted by Gasteiger charge is -2.07. The third-order valence-corrected chi connectivity index (χ3v) is 4.22. The van der Waals surface area contributed by atoms with Crippen LogP contribution in [0.25, 0.3) is 6.08 Å². The Kier molecular flexibility index (Phi) is 8.95. The highest BCUT2D eigenvalue weighted by molar-refractivity contribution is 6.09. The molecule has 0 bridgehead atoms.